The zero-order chi connectivity index (χ0) is 13.0. The Bertz CT molecular complexity index is 815. The third-order valence-electron chi connectivity index (χ3n) is 4.16. The number of aryl methyl sites for hydroxylation is 2. The minimum absolute atomic E-state index is 1.02. The van der Waals surface area contributed by atoms with E-state index in [9.17, 15) is 0 Å². The Hall–Kier alpha value is -2.15. The number of hydrogen-bond donors (Lipinski definition) is 0. The number of pyridine rings is 1. The average Bonchev–Trinajstić information content (AvgIpc) is 2.74. The van der Waals surface area contributed by atoms with E-state index >= 15 is 0 Å². The average molecular weight is 245 g/mol. The van der Waals surface area contributed by atoms with Gasteiger partial charge in [0.25, 0.3) is 0 Å². The van der Waals surface area contributed by atoms with E-state index in [1.54, 1.807) is 0 Å². The van der Waals surface area contributed by atoms with Gasteiger partial charge in [0.1, 0.15) is 0 Å². The van der Waals surface area contributed by atoms with Crippen molar-refractivity contribution in [1.82, 2.24) is 4.98 Å². The molecule has 0 radical (unpaired) electrons. The normalized spacial score (nSPS) is 12.5. The Labute approximate surface area is 112 Å². The molecular formula is C18H15N. The summed E-state index contributed by atoms with van der Waals surface area (Å²) >= 11 is 0. The first-order valence-electron chi connectivity index (χ1n) is 6.71. The largest absolute Gasteiger partial charge is 0.247 e. The fourth-order valence-electron chi connectivity index (χ4n) is 2.98. The molecule has 0 aliphatic heterocycles. The van der Waals surface area contributed by atoms with E-state index in [4.69, 9.17) is 4.98 Å². The first-order valence-corrected chi connectivity index (χ1v) is 6.71. The smallest absolute Gasteiger partial charge is 0.0748 e. The van der Waals surface area contributed by atoms with Gasteiger partial charge < -0.3 is 0 Å². The van der Waals surface area contributed by atoms with Gasteiger partial charge in [-0.05, 0) is 54.3 Å². The summed E-state index contributed by atoms with van der Waals surface area (Å²) < 4.78 is 0. The van der Waals surface area contributed by atoms with Crippen molar-refractivity contribution in [2.45, 2.75) is 20.3 Å². The standard InChI is InChI=1S/C18H15N/c1-11-7-14-10-15-9-13-5-3-4-6-17(13)19-18(15)16(14)8-12(11)2/h3-9H,10H2,1-2H3. The molecule has 1 aliphatic carbocycles. The van der Waals surface area contributed by atoms with Crippen LogP contribution in [-0.4, -0.2) is 4.98 Å². The van der Waals surface area contributed by atoms with E-state index in [1.807, 2.05) is 0 Å². The Kier molecular flexibility index (Phi) is 2.08. The van der Waals surface area contributed by atoms with Crippen molar-refractivity contribution in [3.05, 3.63) is 64.7 Å². The highest BCUT2D eigenvalue weighted by atomic mass is 14.7. The maximum Gasteiger partial charge on any atom is 0.0748 e. The van der Waals surface area contributed by atoms with Crippen molar-refractivity contribution in [3.8, 4) is 11.3 Å². The fourth-order valence-corrected chi connectivity index (χ4v) is 2.98. The van der Waals surface area contributed by atoms with Crippen molar-refractivity contribution < 1.29 is 0 Å². The zero-order valence-electron chi connectivity index (χ0n) is 11.2. The van der Waals surface area contributed by atoms with Crippen LogP contribution in [-0.2, 0) is 6.42 Å². The van der Waals surface area contributed by atoms with Crippen LogP contribution in [0.3, 0.4) is 0 Å². The molecule has 1 aromatic heterocycles. The molecular weight excluding hydrogens is 230 g/mol. The van der Waals surface area contributed by atoms with Gasteiger partial charge in [0.05, 0.1) is 11.2 Å². The number of para-hydroxylation sites is 1. The highest BCUT2D eigenvalue weighted by Gasteiger charge is 2.21. The molecule has 0 amide bonds. The summed E-state index contributed by atoms with van der Waals surface area (Å²) in [5, 5.41) is 1.24. The Morgan fingerprint density at radius 3 is 2.58 bits per heavy atom. The third kappa shape index (κ3) is 1.51. The van der Waals surface area contributed by atoms with Crippen molar-refractivity contribution in [2.75, 3.05) is 0 Å². The van der Waals surface area contributed by atoms with Crippen molar-refractivity contribution in [3.63, 3.8) is 0 Å². The molecule has 0 fully saturated rings. The van der Waals surface area contributed by atoms with Gasteiger partial charge in [0.2, 0.25) is 0 Å². The summed E-state index contributed by atoms with van der Waals surface area (Å²) in [5.74, 6) is 0. The van der Waals surface area contributed by atoms with Gasteiger partial charge in [0, 0.05) is 17.4 Å². The summed E-state index contributed by atoms with van der Waals surface area (Å²) in [4.78, 5) is 4.87. The lowest BCUT2D eigenvalue weighted by Crippen LogP contribution is -1.87. The first kappa shape index (κ1) is 10.7. The van der Waals surface area contributed by atoms with Crippen LogP contribution in [0.4, 0.5) is 0 Å². The number of aromatic nitrogens is 1. The number of nitrogens with zero attached hydrogens (tertiary/aromatic N) is 1. The summed E-state index contributed by atoms with van der Waals surface area (Å²) in [6.07, 6.45) is 1.02. The van der Waals surface area contributed by atoms with Gasteiger partial charge in [-0.25, -0.2) is 4.98 Å². The third-order valence-corrected chi connectivity index (χ3v) is 4.16. The van der Waals surface area contributed by atoms with Crippen molar-refractivity contribution >= 4 is 10.9 Å². The summed E-state index contributed by atoms with van der Waals surface area (Å²) in [6, 6.07) is 15.3. The van der Waals surface area contributed by atoms with Gasteiger partial charge in [-0.3, -0.25) is 0 Å². The molecule has 0 bridgehead atoms. The molecule has 92 valence electrons. The van der Waals surface area contributed by atoms with E-state index in [0.29, 0.717) is 0 Å². The monoisotopic (exact) mass is 245 g/mol. The number of benzene rings is 2. The first-order chi connectivity index (χ1) is 9.22. The number of hydrogen-bond acceptors (Lipinski definition) is 1. The highest BCUT2D eigenvalue weighted by Crippen LogP contribution is 2.38. The molecule has 4 rings (SSSR count). The van der Waals surface area contributed by atoms with Crippen LogP contribution in [0.25, 0.3) is 22.2 Å². The van der Waals surface area contributed by atoms with Gasteiger partial charge in [0.15, 0.2) is 0 Å². The van der Waals surface area contributed by atoms with E-state index in [2.05, 4.69) is 56.3 Å². The molecule has 1 heteroatoms. The summed E-state index contributed by atoms with van der Waals surface area (Å²) in [5.41, 5.74) is 9.09. The molecule has 0 spiro atoms. The predicted octanol–water partition coefficient (Wildman–Crippen LogP) is 4.42. The molecule has 0 saturated heterocycles. The van der Waals surface area contributed by atoms with E-state index in [1.165, 1.54) is 38.9 Å². The second-order valence-electron chi connectivity index (χ2n) is 5.46. The second kappa shape index (κ2) is 3.67. The molecule has 3 aromatic rings. The van der Waals surface area contributed by atoms with Crippen LogP contribution >= 0.6 is 0 Å². The number of rotatable bonds is 0. The van der Waals surface area contributed by atoms with Gasteiger partial charge in [-0.15, -0.1) is 0 Å². The lowest BCUT2D eigenvalue weighted by molar-refractivity contribution is 1.23. The Morgan fingerprint density at radius 2 is 1.68 bits per heavy atom. The topological polar surface area (TPSA) is 12.9 Å². The number of fused-ring (bicyclic) bond motifs is 4. The van der Waals surface area contributed by atoms with Crippen LogP contribution in [0.1, 0.15) is 22.3 Å². The maximum absolute atomic E-state index is 4.87. The molecule has 19 heavy (non-hydrogen) atoms. The molecule has 2 aromatic carbocycles. The maximum atomic E-state index is 4.87. The summed E-state index contributed by atoms with van der Waals surface area (Å²) in [7, 11) is 0. The van der Waals surface area contributed by atoms with E-state index < -0.39 is 0 Å². The minimum atomic E-state index is 1.02. The molecule has 0 N–H and O–H groups in total. The van der Waals surface area contributed by atoms with Crippen LogP contribution in [0.15, 0.2) is 42.5 Å². The zero-order valence-corrected chi connectivity index (χ0v) is 11.2. The van der Waals surface area contributed by atoms with Crippen LogP contribution in [0.5, 0.6) is 0 Å². The van der Waals surface area contributed by atoms with Crippen LogP contribution in [0.2, 0.25) is 0 Å². The molecule has 0 saturated carbocycles. The Morgan fingerprint density at radius 1 is 0.895 bits per heavy atom. The van der Waals surface area contributed by atoms with Crippen molar-refractivity contribution in [1.29, 1.82) is 0 Å². The van der Waals surface area contributed by atoms with Crippen LogP contribution < -0.4 is 0 Å². The molecule has 0 unspecified atom stereocenters. The van der Waals surface area contributed by atoms with Gasteiger partial charge in [-0.2, -0.15) is 0 Å². The van der Waals surface area contributed by atoms with E-state index in [-0.39, 0.29) is 0 Å². The molecule has 1 heterocycles. The predicted molar refractivity (Wildman–Crippen MR) is 79.5 cm³/mol. The minimum Gasteiger partial charge on any atom is -0.247 e. The quantitative estimate of drug-likeness (QED) is 0.447. The highest BCUT2D eigenvalue weighted by molar-refractivity contribution is 5.86. The fraction of sp³-hybridized carbons (Fsp3) is 0.167. The molecule has 0 atom stereocenters. The van der Waals surface area contributed by atoms with E-state index in [0.717, 1.165) is 11.9 Å². The molecule has 1 aliphatic rings. The van der Waals surface area contributed by atoms with Gasteiger partial charge >= 0.3 is 0 Å². The lowest BCUT2D eigenvalue weighted by Gasteiger charge is -2.06. The SMILES string of the molecule is Cc1cc2c(cc1C)-c1nc3ccccc3cc1C2. The second-order valence-corrected chi connectivity index (χ2v) is 5.46. The Balaban J connectivity index is 2.03. The summed E-state index contributed by atoms with van der Waals surface area (Å²) in [6.45, 7) is 4.36. The van der Waals surface area contributed by atoms with Gasteiger partial charge in [-0.1, -0.05) is 24.3 Å². The van der Waals surface area contributed by atoms with Crippen molar-refractivity contribution in [2.24, 2.45) is 0 Å². The lowest BCUT2D eigenvalue weighted by atomic mass is 10.0. The van der Waals surface area contributed by atoms with Crippen LogP contribution in [0, 0.1) is 13.8 Å². The molecule has 1 nitrogen and oxygen atoms in total.